The molecule has 5 aliphatic heterocycles. The molecule has 0 N–H and O–H groups in total. The van der Waals surface area contributed by atoms with Gasteiger partial charge in [0.1, 0.15) is 91.1 Å². The molecule has 0 radical (unpaired) electrons. The first-order valence-electron chi connectivity index (χ1n) is 43.0. The van der Waals surface area contributed by atoms with E-state index in [1.54, 1.807) is 36.7 Å². The standard InChI is InChI=1S/C26H21F2N5.C23H22F2N6O.C23H22F2N6S.C22H20F2N6S/c1-16-20-5-3-2-4-17(20)15-31(16)23-14-29-33-11-9-24(30-25(23)33)32-10-8-18-13-26(18,32)21-12-19(27)6-7-22(21)28;2*1-22(2,3)21-29-28-20(32-21)15-12-26-31-9-7-18(27-19(15)31)30-8-6-13-11-23(13,30)16-10-14(24)4-5-17(16)25;1-12(2)20-27-28-21(31-20)15-11-25-30-8-6-18(26-19(15)30)29-7-5-13-10-22(13,29)16-9-14(23)3-4-17(16)24/h2-7,9,11-12,14,18H,1,8,10,13,15H2;2*4-5,7,9-10,12-13H,6,8,11H2,1-3H3;3-4,6,8-9,11-13H,5,7,10H2,1-2H3/t18-,26+;2*13-,23+;13-,22+/m0000/s1. The minimum atomic E-state index is -0.554. The van der Waals surface area contributed by atoms with Crippen LogP contribution >= 0.6 is 22.7 Å². The van der Waals surface area contributed by atoms with Gasteiger partial charge in [0, 0.05) is 108 Å². The van der Waals surface area contributed by atoms with E-state index in [0.29, 0.717) is 92.6 Å². The van der Waals surface area contributed by atoms with E-state index in [-0.39, 0.29) is 40.0 Å². The van der Waals surface area contributed by atoms with Gasteiger partial charge < -0.3 is 28.9 Å². The van der Waals surface area contributed by atoms with Crippen molar-refractivity contribution in [3.05, 3.63) is 273 Å². The largest absolute Gasteiger partial charge is 0.420 e. The molecule has 4 saturated heterocycles. The van der Waals surface area contributed by atoms with Crippen LogP contribution in [0.4, 0.5) is 64.1 Å². The van der Waals surface area contributed by atoms with Gasteiger partial charge in [-0.05, 0) is 178 Å². The fourth-order valence-corrected chi connectivity index (χ4v) is 22.2. The molecule has 0 unspecified atom stereocenters. The minimum absolute atomic E-state index is 0.0879. The lowest BCUT2D eigenvalue weighted by atomic mass is 9.97. The number of nitrogens with zero attached hydrogens (tertiary/aromatic N) is 23. The summed E-state index contributed by atoms with van der Waals surface area (Å²) >= 11 is 3.08. The van der Waals surface area contributed by atoms with Crippen molar-refractivity contribution in [2.75, 3.05) is 50.7 Å². The van der Waals surface area contributed by atoms with Crippen LogP contribution in [0.2, 0.25) is 0 Å². The zero-order valence-corrected chi connectivity index (χ0v) is 72.6. The lowest BCUT2D eigenvalue weighted by molar-refractivity contribution is 0.399. The highest BCUT2D eigenvalue weighted by Crippen LogP contribution is 2.68. The number of hydrogen-bond donors (Lipinski definition) is 0. The monoisotopic (exact) mass is 1770 g/mol. The van der Waals surface area contributed by atoms with Crippen LogP contribution in [0.15, 0.2) is 182 Å². The predicted molar refractivity (Wildman–Crippen MR) is 469 cm³/mol. The van der Waals surface area contributed by atoms with E-state index < -0.39 is 45.4 Å². The van der Waals surface area contributed by atoms with Crippen LogP contribution in [-0.4, -0.2) is 115 Å². The summed E-state index contributed by atoms with van der Waals surface area (Å²) in [6, 6.07) is 30.7. The van der Waals surface area contributed by atoms with Gasteiger partial charge in [-0.2, -0.15) is 20.4 Å². The van der Waals surface area contributed by atoms with Crippen LogP contribution in [0.3, 0.4) is 0 Å². The van der Waals surface area contributed by atoms with Crippen LogP contribution in [0.5, 0.6) is 0 Å². The summed E-state index contributed by atoms with van der Waals surface area (Å²) in [7, 11) is 0. The number of anilines is 5. The van der Waals surface area contributed by atoms with Crippen molar-refractivity contribution in [2.24, 2.45) is 23.7 Å². The zero-order valence-electron chi connectivity index (χ0n) is 71.0. The van der Waals surface area contributed by atoms with Gasteiger partial charge in [0.15, 0.2) is 32.6 Å². The van der Waals surface area contributed by atoms with Gasteiger partial charge in [0.2, 0.25) is 5.89 Å². The summed E-state index contributed by atoms with van der Waals surface area (Å²) in [6.07, 6.45) is 21.3. The highest BCUT2D eigenvalue weighted by molar-refractivity contribution is 7.15. The Morgan fingerprint density at radius 3 is 1.18 bits per heavy atom. The molecule has 25 rings (SSSR count). The van der Waals surface area contributed by atoms with Gasteiger partial charge in [0.05, 0.1) is 58.1 Å². The van der Waals surface area contributed by atoms with E-state index in [1.807, 2.05) is 88.2 Å². The molecule has 0 bridgehead atoms. The molecule has 8 fully saturated rings. The molecule has 9 aliphatic rings. The van der Waals surface area contributed by atoms with Crippen LogP contribution in [0.25, 0.3) is 60.9 Å². The van der Waals surface area contributed by atoms with Gasteiger partial charge in [0.25, 0.3) is 5.89 Å². The second kappa shape index (κ2) is 29.5. The highest BCUT2D eigenvalue weighted by Gasteiger charge is 2.68. The van der Waals surface area contributed by atoms with Gasteiger partial charge in [-0.25, -0.2) is 73.1 Å². The van der Waals surface area contributed by atoms with E-state index in [0.717, 1.165) is 155 Å². The molecule has 11 aromatic heterocycles. The Labute approximate surface area is 736 Å². The van der Waals surface area contributed by atoms with Crippen LogP contribution in [0.1, 0.15) is 162 Å². The van der Waals surface area contributed by atoms with Crippen LogP contribution in [0, 0.1) is 70.2 Å². The number of rotatable bonds is 13. The Morgan fingerprint density at radius 2 is 0.797 bits per heavy atom. The van der Waals surface area contributed by atoms with E-state index >= 15 is 0 Å². The van der Waals surface area contributed by atoms with E-state index in [9.17, 15) is 35.1 Å². The molecule has 8 atom stereocenters. The molecule has 4 aliphatic carbocycles. The summed E-state index contributed by atoms with van der Waals surface area (Å²) in [6.45, 7) is 24.5. The Hall–Kier alpha value is -13.0. The predicted octanol–water partition coefficient (Wildman–Crippen LogP) is 19.3. The third kappa shape index (κ3) is 13.1. The maximum atomic E-state index is 14.8. The molecule has 16 heterocycles. The number of hydrogen-bond acceptors (Lipinski definition) is 22. The molecular weight excluding hydrogens is 1680 g/mol. The van der Waals surface area contributed by atoms with E-state index in [1.165, 1.54) is 95.0 Å². The molecule has 5 aromatic carbocycles. The highest BCUT2D eigenvalue weighted by atomic mass is 32.1. The summed E-state index contributed by atoms with van der Waals surface area (Å²) < 4.78 is 128. The van der Waals surface area contributed by atoms with Crippen LogP contribution in [-0.2, 0) is 39.5 Å². The lowest BCUT2D eigenvalue weighted by Gasteiger charge is -2.30. The molecule has 24 nitrogen and oxygen atoms in total. The second-order valence-electron chi connectivity index (χ2n) is 37.1. The van der Waals surface area contributed by atoms with Crippen LogP contribution < -0.4 is 24.5 Å². The second-order valence-corrected chi connectivity index (χ2v) is 39.1. The van der Waals surface area contributed by atoms with Crippen molar-refractivity contribution in [1.29, 1.82) is 0 Å². The fraction of sp³-hybridized carbons (Fsp3) is 0.340. The van der Waals surface area contributed by atoms with Gasteiger partial charge in [-0.3, -0.25) is 0 Å². The zero-order chi connectivity index (χ0) is 88.1. The van der Waals surface area contributed by atoms with Gasteiger partial charge in [-0.1, -0.05) is 109 Å². The Balaban J connectivity index is 0.000000101. The normalized spacial score (nSPS) is 22.7. The Kier molecular flexibility index (Phi) is 18.7. The third-order valence-electron chi connectivity index (χ3n) is 27.1. The van der Waals surface area contributed by atoms with Crippen molar-refractivity contribution < 1.29 is 39.5 Å². The summed E-state index contributed by atoms with van der Waals surface area (Å²) in [5, 5.41) is 46.9. The van der Waals surface area contributed by atoms with Crippen molar-refractivity contribution in [3.8, 4) is 32.6 Å². The number of fused-ring (bicyclic) bond motifs is 9. The van der Waals surface area contributed by atoms with E-state index in [2.05, 4.69) is 129 Å². The summed E-state index contributed by atoms with van der Waals surface area (Å²) in [5.74, 6) is 2.18. The molecule has 0 spiro atoms. The van der Waals surface area contributed by atoms with Gasteiger partial charge >= 0.3 is 0 Å². The SMILES string of the molecule is C=C1c2ccccc2CN1c1cnn2ccc(N3CC[C@H]4C[C@]43c3cc(F)ccc3F)nc12.CC(C)(C)c1nnc(-c2cnn3ccc(N4CC[C@H]5C[C@]54c4cc(F)ccc4F)nc23)o1.CC(C)(C)c1nnc(-c2cnn3ccc(N4CC[C@H]5C[C@]54c4cc(F)ccc4F)nc23)s1.CC(C)c1nnc(-c2cnn3ccc(N4CC[C@H]5C[C@]54c4cc(F)ccc4F)nc23)s1. The summed E-state index contributed by atoms with van der Waals surface area (Å²) in [4.78, 5) is 30.3. The lowest BCUT2D eigenvalue weighted by Crippen LogP contribution is -2.34. The first-order valence-corrected chi connectivity index (χ1v) is 44.6. The van der Waals surface area contributed by atoms with Gasteiger partial charge in [-0.15, -0.1) is 30.6 Å². The van der Waals surface area contributed by atoms with Crippen molar-refractivity contribution in [3.63, 3.8) is 0 Å². The summed E-state index contributed by atoms with van der Waals surface area (Å²) in [5.41, 5.74) is 8.30. The molecule has 4 saturated carbocycles. The maximum absolute atomic E-state index is 14.8. The fourth-order valence-electron chi connectivity index (χ4n) is 20.5. The van der Waals surface area contributed by atoms with Crippen molar-refractivity contribution in [2.45, 2.75) is 152 Å². The topological polar surface area (TPSA) is 227 Å². The smallest absolute Gasteiger partial charge is 0.253 e. The average Bonchev–Trinajstić information content (AvgIpc) is 1.56. The maximum Gasteiger partial charge on any atom is 0.253 e. The molecule has 650 valence electrons. The molecule has 16 aromatic rings. The number of benzene rings is 5. The number of aromatic nitrogens is 18. The number of halogens is 8. The molecule has 128 heavy (non-hydrogen) atoms. The average molecular weight is 1770 g/mol. The molecule has 34 heteroatoms. The van der Waals surface area contributed by atoms with Crippen molar-refractivity contribution in [1.82, 2.24) is 89.0 Å². The first kappa shape index (κ1) is 80.8. The Morgan fingerprint density at radius 1 is 0.414 bits per heavy atom. The first-order chi connectivity index (χ1) is 61.6. The molecule has 0 amide bonds. The quantitative estimate of drug-likeness (QED) is 0.0977. The van der Waals surface area contributed by atoms with E-state index in [4.69, 9.17) is 24.4 Å². The Bertz CT molecular complexity index is 6960. The third-order valence-corrected chi connectivity index (χ3v) is 29.8. The molecular formula is C94H85F8N23OS2. The minimum Gasteiger partial charge on any atom is -0.420 e. The number of piperidine rings is 4. The van der Waals surface area contributed by atoms with Crippen molar-refractivity contribution >= 4 is 79.9 Å².